The van der Waals surface area contributed by atoms with Crippen molar-refractivity contribution in [1.82, 2.24) is 10.1 Å². The molecule has 0 aliphatic rings. The van der Waals surface area contributed by atoms with Crippen LogP contribution in [0.2, 0.25) is 0 Å². The third kappa shape index (κ3) is 3.00. The second-order valence-corrected chi connectivity index (χ2v) is 4.30. The van der Waals surface area contributed by atoms with Crippen LogP contribution in [0.4, 0.5) is 19.0 Å². The molecule has 2 rings (SSSR count). The highest BCUT2D eigenvalue weighted by molar-refractivity contribution is 9.10. The summed E-state index contributed by atoms with van der Waals surface area (Å²) in [6.45, 7) is 0.0811. The summed E-state index contributed by atoms with van der Waals surface area (Å²) in [5.41, 5.74) is -0.837. The quantitative estimate of drug-likeness (QED) is 0.940. The average Bonchev–Trinajstić information content (AvgIpc) is 2.79. The molecule has 4 nitrogen and oxygen atoms in total. The zero-order valence-corrected chi connectivity index (χ0v) is 10.4. The largest absolute Gasteiger partial charge is 0.419 e. The van der Waals surface area contributed by atoms with E-state index in [1.807, 2.05) is 0 Å². The van der Waals surface area contributed by atoms with Crippen LogP contribution in [-0.2, 0) is 12.7 Å². The van der Waals surface area contributed by atoms with E-state index in [-0.39, 0.29) is 16.8 Å². The van der Waals surface area contributed by atoms with Gasteiger partial charge in [-0.3, -0.25) is 0 Å². The molecule has 0 unspecified atom stereocenters. The van der Waals surface area contributed by atoms with Gasteiger partial charge in [-0.1, -0.05) is 5.16 Å². The van der Waals surface area contributed by atoms with Gasteiger partial charge in [0.15, 0.2) is 5.76 Å². The van der Waals surface area contributed by atoms with Crippen molar-refractivity contribution in [2.24, 2.45) is 0 Å². The lowest BCUT2D eigenvalue weighted by Crippen LogP contribution is -2.12. The molecule has 0 aliphatic heterocycles. The third-order valence-corrected chi connectivity index (χ3v) is 2.51. The minimum absolute atomic E-state index is 0.0811. The molecule has 2 aromatic heterocycles. The Balaban J connectivity index is 2.22. The Morgan fingerprint density at radius 3 is 2.78 bits per heavy atom. The van der Waals surface area contributed by atoms with E-state index >= 15 is 0 Å². The summed E-state index contributed by atoms with van der Waals surface area (Å²) in [6, 6.07) is 2.52. The summed E-state index contributed by atoms with van der Waals surface area (Å²) in [5, 5.41) is 6.02. The normalized spacial score (nSPS) is 11.6. The van der Waals surface area contributed by atoms with E-state index in [0.717, 1.165) is 6.07 Å². The molecule has 0 saturated heterocycles. The Labute approximate surface area is 108 Å². The van der Waals surface area contributed by atoms with Gasteiger partial charge in [0.05, 0.1) is 18.3 Å². The van der Waals surface area contributed by atoms with E-state index in [1.54, 1.807) is 6.07 Å². The van der Waals surface area contributed by atoms with Crippen LogP contribution < -0.4 is 5.32 Å². The van der Waals surface area contributed by atoms with Crippen molar-refractivity contribution in [3.63, 3.8) is 0 Å². The molecule has 0 amide bonds. The van der Waals surface area contributed by atoms with Crippen molar-refractivity contribution in [1.29, 1.82) is 0 Å². The highest BCUT2D eigenvalue weighted by atomic mass is 79.9. The summed E-state index contributed by atoms with van der Waals surface area (Å²) in [7, 11) is 0. The first-order valence-electron chi connectivity index (χ1n) is 4.83. The van der Waals surface area contributed by atoms with Crippen molar-refractivity contribution >= 4 is 21.7 Å². The van der Waals surface area contributed by atoms with E-state index in [4.69, 9.17) is 4.52 Å². The SMILES string of the molecule is FC(F)(F)c1cc(Br)cnc1NCc1ccno1. The molecule has 2 heterocycles. The number of anilines is 1. The fourth-order valence-electron chi connectivity index (χ4n) is 1.30. The minimum Gasteiger partial charge on any atom is -0.362 e. The topological polar surface area (TPSA) is 51.0 Å². The van der Waals surface area contributed by atoms with Crippen molar-refractivity contribution in [2.75, 3.05) is 5.32 Å². The standard InChI is InChI=1S/C10H7BrF3N3O/c11-6-3-8(10(12,13)14)9(15-4-6)16-5-7-1-2-17-18-7/h1-4H,5H2,(H,15,16). The number of halogens is 4. The van der Waals surface area contributed by atoms with Gasteiger partial charge in [-0.25, -0.2) is 4.98 Å². The molecule has 0 bridgehead atoms. The molecule has 2 aromatic rings. The van der Waals surface area contributed by atoms with Gasteiger partial charge in [0.25, 0.3) is 0 Å². The number of nitrogens with zero attached hydrogens (tertiary/aromatic N) is 2. The Morgan fingerprint density at radius 2 is 2.17 bits per heavy atom. The van der Waals surface area contributed by atoms with Crippen LogP contribution in [0.15, 0.2) is 33.5 Å². The highest BCUT2D eigenvalue weighted by Gasteiger charge is 2.34. The number of pyridine rings is 1. The predicted octanol–water partition coefficient (Wildman–Crippen LogP) is 3.46. The lowest BCUT2D eigenvalue weighted by atomic mass is 10.2. The van der Waals surface area contributed by atoms with Crippen LogP contribution in [0.25, 0.3) is 0 Å². The molecule has 0 atom stereocenters. The molecule has 0 aromatic carbocycles. The number of rotatable bonds is 3. The van der Waals surface area contributed by atoms with Gasteiger partial charge in [-0.05, 0) is 22.0 Å². The second kappa shape index (κ2) is 4.97. The number of hydrogen-bond acceptors (Lipinski definition) is 4. The van der Waals surface area contributed by atoms with Crippen LogP contribution >= 0.6 is 15.9 Å². The van der Waals surface area contributed by atoms with Crippen LogP contribution in [0.1, 0.15) is 11.3 Å². The van der Waals surface area contributed by atoms with Crippen LogP contribution in [0, 0.1) is 0 Å². The Morgan fingerprint density at radius 1 is 1.39 bits per heavy atom. The first-order chi connectivity index (χ1) is 8.47. The van der Waals surface area contributed by atoms with Gasteiger partial charge in [-0.2, -0.15) is 13.2 Å². The lowest BCUT2D eigenvalue weighted by molar-refractivity contribution is -0.137. The second-order valence-electron chi connectivity index (χ2n) is 3.38. The van der Waals surface area contributed by atoms with Crippen LogP contribution in [0.3, 0.4) is 0 Å². The van der Waals surface area contributed by atoms with E-state index in [0.29, 0.717) is 5.76 Å². The van der Waals surface area contributed by atoms with Gasteiger partial charge in [0.1, 0.15) is 5.82 Å². The molecular formula is C10H7BrF3N3O. The van der Waals surface area contributed by atoms with Gasteiger partial charge < -0.3 is 9.84 Å². The lowest BCUT2D eigenvalue weighted by Gasteiger charge is -2.12. The molecule has 8 heteroatoms. The number of nitrogens with one attached hydrogen (secondary N) is 1. The van der Waals surface area contributed by atoms with E-state index in [1.165, 1.54) is 12.4 Å². The van der Waals surface area contributed by atoms with Crippen molar-refractivity contribution in [3.05, 3.63) is 40.3 Å². The zero-order valence-electron chi connectivity index (χ0n) is 8.83. The summed E-state index contributed by atoms with van der Waals surface area (Å²) in [4.78, 5) is 3.70. The van der Waals surface area contributed by atoms with E-state index in [9.17, 15) is 13.2 Å². The maximum absolute atomic E-state index is 12.8. The smallest absolute Gasteiger partial charge is 0.362 e. The van der Waals surface area contributed by atoms with E-state index < -0.39 is 11.7 Å². The summed E-state index contributed by atoms with van der Waals surface area (Å²) in [6.07, 6.45) is -1.77. The number of hydrogen-bond donors (Lipinski definition) is 1. The maximum Gasteiger partial charge on any atom is 0.419 e. The van der Waals surface area contributed by atoms with Crippen molar-refractivity contribution in [2.45, 2.75) is 12.7 Å². The van der Waals surface area contributed by atoms with Gasteiger partial charge in [-0.15, -0.1) is 0 Å². The third-order valence-electron chi connectivity index (χ3n) is 2.08. The first-order valence-corrected chi connectivity index (χ1v) is 5.62. The summed E-state index contributed by atoms with van der Waals surface area (Å²) >= 11 is 2.96. The van der Waals surface area contributed by atoms with Gasteiger partial charge in [0, 0.05) is 16.7 Å². The van der Waals surface area contributed by atoms with E-state index in [2.05, 4.69) is 31.4 Å². The van der Waals surface area contributed by atoms with Crippen LogP contribution in [-0.4, -0.2) is 10.1 Å². The Bertz CT molecular complexity index is 528. The van der Waals surface area contributed by atoms with Crippen molar-refractivity contribution in [3.8, 4) is 0 Å². The molecule has 0 fully saturated rings. The summed E-state index contributed by atoms with van der Waals surface area (Å²) < 4.78 is 43.3. The molecule has 18 heavy (non-hydrogen) atoms. The summed E-state index contributed by atoms with van der Waals surface area (Å²) in [5.74, 6) is 0.176. The molecule has 0 aliphatic carbocycles. The predicted molar refractivity (Wildman–Crippen MR) is 60.8 cm³/mol. The van der Waals surface area contributed by atoms with Gasteiger partial charge in [0.2, 0.25) is 0 Å². The Hall–Kier alpha value is -1.57. The van der Waals surface area contributed by atoms with Crippen LogP contribution in [0.5, 0.6) is 0 Å². The zero-order chi connectivity index (χ0) is 13.2. The highest BCUT2D eigenvalue weighted by Crippen LogP contribution is 2.35. The number of aromatic nitrogens is 2. The molecule has 0 spiro atoms. The molecule has 96 valence electrons. The number of alkyl halides is 3. The fourth-order valence-corrected chi connectivity index (χ4v) is 1.63. The minimum atomic E-state index is -4.47. The van der Waals surface area contributed by atoms with Crippen molar-refractivity contribution < 1.29 is 17.7 Å². The first kappa shape index (κ1) is 12.9. The fraction of sp³-hybridized carbons (Fsp3) is 0.200. The molecule has 1 N–H and O–H groups in total. The molecule has 0 radical (unpaired) electrons. The van der Waals surface area contributed by atoms with Gasteiger partial charge >= 0.3 is 6.18 Å². The Kier molecular flexibility index (Phi) is 3.55. The molecular weight excluding hydrogens is 315 g/mol. The molecule has 0 saturated carbocycles. The average molecular weight is 322 g/mol. The maximum atomic E-state index is 12.8. The monoisotopic (exact) mass is 321 g/mol.